The normalized spacial score (nSPS) is 16.2. The van der Waals surface area contributed by atoms with Gasteiger partial charge in [-0.1, -0.05) is 12.0 Å². The molecule has 1 aromatic heterocycles. The van der Waals surface area contributed by atoms with Gasteiger partial charge in [-0.05, 0) is 73.7 Å². The first-order valence-electron chi connectivity index (χ1n) is 9.47. The Labute approximate surface area is 170 Å². The first kappa shape index (κ1) is 20.3. The molecule has 0 bridgehead atoms. The van der Waals surface area contributed by atoms with E-state index >= 15 is 0 Å². The lowest BCUT2D eigenvalue weighted by atomic mass is 9.77. The summed E-state index contributed by atoms with van der Waals surface area (Å²) in [6.07, 6.45) is 1.21. The fourth-order valence-electron chi connectivity index (χ4n) is 3.99. The molecule has 1 N–H and O–H groups in total. The minimum absolute atomic E-state index is 0.0172. The van der Waals surface area contributed by atoms with Crippen LogP contribution in [0.5, 0.6) is 0 Å². The summed E-state index contributed by atoms with van der Waals surface area (Å²) in [7, 11) is 0. The highest BCUT2D eigenvalue weighted by Gasteiger charge is 2.32. The number of rotatable bonds is 4. The van der Waals surface area contributed by atoms with Gasteiger partial charge in [0.1, 0.15) is 6.61 Å². The Morgan fingerprint density at radius 3 is 2.55 bits per heavy atom. The van der Waals surface area contributed by atoms with Gasteiger partial charge in [0, 0.05) is 35.4 Å². The van der Waals surface area contributed by atoms with Gasteiger partial charge in [0.25, 0.3) is 0 Å². The molecule has 5 heteroatoms. The molecule has 29 heavy (non-hydrogen) atoms. The maximum Gasteiger partial charge on any atom is 0.506 e. The fourth-order valence-corrected chi connectivity index (χ4v) is 3.99. The van der Waals surface area contributed by atoms with Crippen LogP contribution < -0.4 is 0 Å². The molecule has 1 aliphatic rings. The number of ether oxygens (including phenoxy) is 1. The van der Waals surface area contributed by atoms with Gasteiger partial charge in [-0.3, -0.25) is 9.78 Å². The zero-order valence-corrected chi connectivity index (χ0v) is 16.8. The molecule has 5 nitrogen and oxygen atoms in total. The number of hydrogen-bond acceptors (Lipinski definition) is 4. The molecule has 3 rings (SSSR count). The zero-order valence-electron chi connectivity index (χ0n) is 16.8. The topological polar surface area (TPSA) is 76.5 Å². The van der Waals surface area contributed by atoms with Crippen molar-refractivity contribution in [3.63, 3.8) is 0 Å². The number of allylic oxidation sites excluding steroid dienone is 1. The SMILES string of the molecule is CC#Cc1cc(C)c(C2=C(COC(=O)O)CC(c3ccccn3)CC2=O)c(C)c1. The number of carboxylic acid groups (broad SMARTS) is 1. The Kier molecular flexibility index (Phi) is 6.13. The maximum absolute atomic E-state index is 13.2. The lowest BCUT2D eigenvalue weighted by Crippen LogP contribution is -2.22. The number of aryl methyl sites for hydroxylation is 2. The van der Waals surface area contributed by atoms with Gasteiger partial charge in [-0.15, -0.1) is 5.92 Å². The quantitative estimate of drug-likeness (QED) is 0.608. The average molecular weight is 389 g/mol. The summed E-state index contributed by atoms with van der Waals surface area (Å²) in [6, 6.07) is 9.53. The molecule has 0 saturated carbocycles. The third kappa shape index (κ3) is 4.55. The van der Waals surface area contributed by atoms with Gasteiger partial charge in [0.15, 0.2) is 5.78 Å². The first-order chi connectivity index (χ1) is 13.9. The van der Waals surface area contributed by atoms with Crippen LogP contribution in [-0.2, 0) is 9.53 Å². The van der Waals surface area contributed by atoms with E-state index in [0.717, 1.165) is 27.9 Å². The van der Waals surface area contributed by atoms with Crippen molar-refractivity contribution in [3.8, 4) is 11.8 Å². The van der Waals surface area contributed by atoms with Crippen molar-refractivity contribution in [1.29, 1.82) is 0 Å². The Hall–Kier alpha value is -3.39. The van der Waals surface area contributed by atoms with Gasteiger partial charge >= 0.3 is 6.16 Å². The first-order valence-corrected chi connectivity index (χ1v) is 9.47. The minimum atomic E-state index is -1.36. The molecular formula is C24H23NO4. The number of hydrogen-bond donors (Lipinski definition) is 1. The van der Waals surface area contributed by atoms with Gasteiger partial charge in [-0.25, -0.2) is 4.79 Å². The van der Waals surface area contributed by atoms with Crippen LogP contribution in [0.2, 0.25) is 0 Å². The summed E-state index contributed by atoms with van der Waals surface area (Å²) in [4.78, 5) is 28.6. The van der Waals surface area contributed by atoms with E-state index < -0.39 is 6.16 Å². The second-order valence-corrected chi connectivity index (χ2v) is 7.18. The van der Waals surface area contributed by atoms with Crippen LogP contribution in [0, 0.1) is 25.7 Å². The van der Waals surface area contributed by atoms with E-state index in [2.05, 4.69) is 16.8 Å². The van der Waals surface area contributed by atoms with E-state index in [1.165, 1.54) is 0 Å². The van der Waals surface area contributed by atoms with E-state index in [1.54, 1.807) is 13.1 Å². The molecule has 0 radical (unpaired) electrons. The molecule has 0 aliphatic heterocycles. The standard InChI is InChI=1S/C24H23NO4/c1-4-7-17-10-15(2)22(16(3)11-17)23-19(14-29-24(27)28)12-18(13-21(23)26)20-8-5-6-9-25-20/h5-6,8-11,18H,12-14H2,1-3H3,(H,27,28). The summed E-state index contributed by atoms with van der Waals surface area (Å²) in [5.41, 5.74) is 5.72. The number of benzene rings is 1. The van der Waals surface area contributed by atoms with E-state index in [1.807, 2.05) is 44.2 Å². The highest BCUT2D eigenvalue weighted by atomic mass is 16.7. The van der Waals surface area contributed by atoms with Crippen LogP contribution in [0.4, 0.5) is 4.79 Å². The molecule has 0 fully saturated rings. The highest BCUT2D eigenvalue weighted by molar-refractivity contribution is 6.23. The van der Waals surface area contributed by atoms with Crippen LogP contribution in [0.15, 0.2) is 42.1 Å². The molecule has 1 aromatic carbocycles. The van der Waals surface area contributed by atoms with Crippen molar-refractivity contribution in [3.05, 3.63) is 70.0 Å². The molecule has 148 valence electrons. The van der Waals surface area contributed by atoms with Crippen molar-refractivity contribution >= 4 is 17.5 Å². The van der Waals surface area contributed by atoms with Crippen LogP contribution >= 0.6 is 0 Å². The predicted octanol–water partition coefficient (Wildman–Crippen LogP) is 4.66. The molecule has 1 atom stereocenters. The number of carbonyl (C=O) groups excluding carboxylic acids is 1. The number of ketones is 1. The molecule has 0 amide bonds. The summed E-state index contributed by atoms with van der Waals surface area (Å²) >= 11 is 0. The molecule has 0 saturated heterocycles. The summed E-state index contributed by atoms with van der Waals surface area (Å²) in [5, 5.41) is 9.00. The van der Waals surface area contributed by atoms with Crippen molar-refractivity contribution in [2.45, 2.75) is 39.5 Å². The van der Waals surface area contributed by atoms with Crippen LogP contribution in [0.1, 0.15) is 53.6 Å². The van der Waals surface area contributed by atoms with Gasteiger partial charge in [0.05, 0.1) is 0 Å². The third-order valence-corrected chi connectivity index (χ3v) is 5.08. The number of Topliss-reactive ketones (excluding diaryl/α,β-unsaturated/α-hetero) is 1. The van der Waals surface area contributed by atoms with Crippen molar-refractivity contribution in [2.75, 3.05) is 6.61 Å². The second kappa shape index (κ2) is 8.74. The number of nitrogens with zero attached hydrogens (tertiary/aromatic N) is 1. The number of pyridine rings is 1. The third-order valence-electron chi connectivity index (χ3n) is 5.08. The average Bonchev–Trinajstić information content (AvgIpc) is 2.68. The monoisotopic (exact) mass is 389 g/mol. The van der Waals surface area contributed by atoms with Crippen molar-refractivity contribution < 1.29 is 19.4 Å². The molecule has 0 spiro atoms. The van der Waals surface area contributed by atoms with Crippen LogP contribution in [-0.4, -0.2) is 28.6 Å². The second-order valence-electron chi connectivity index (χ2n) is 7.18. The summed E-state index contributed by atoms with van der Waals surface area (Å²) < 4.78 is 4.87. The highest BCUT2D eigenvalue weighted by Crippen LogP contribution is 2.40. The van der Waals surface area contributed by atoms with Crippen LogP contribution in [0.25, 0.3) is 5.57 Å². The molecule has 1 unspecified atom stereocenters. The van der Waals surface area contributed by atoms with Gasteiger partial charge in [0.2, 0.25) is 0 Å². The van der Waals surface area contributed by atoms with Crippen molar-refractivity contribution in [2.24, 2.45) is 0 Å². The molecule has 2 aromatic rings. The Balaban J connectivity index is 2.10. The smallest absolute Gasteiger partial charge is 0.450 e. The van der Waals surface area contributed by atoms with Crippen molar-refractivity contribution in [1.82, 2.24) is 4.98 Å². The number of aromatic nitrogens is 1. The lowest BCUT2D eigenvalue weighted by molar-refractivity contribution is -0.114. The Morgan fingerprint density at radius 1 is 1.24 bits per heavy atom. The van der Waals surface area contributed by atoms with Crippen LogP contribution in [0.3, 0.4) is 0 Å². The van der Waals surface area contributed by atoms with Gasteiger partial charge in [-0.2, -0.15) is 0 Å². The summed E-state index contributed by atoms with van der Waals surface area (Å²) in [6.45, 7) is 5.55. The van der Waals surface area contributed by atoms with E-state index in [9.17, 15) is 9.59 Å². The van der Waals surface area contributed by atoms with E-state index in [0.29, 0.717) is 24.0 Å². The van der Waals surface area contributed by atoms with E-state index in [-0.39, 0.29) is 18.3 Å². The predicted molar refractivity (Wildman–Crippen MR) is 111 cm³/mol. The Bertz CT molecular complexity index is 1020. The fraction of sp³-hybridized carbons (Fsp3) is 0.292. The Morgan fingerprint density at radius 2 is 1.97 bits per heavy atom. The molecule has 1 heterocycles. The zero-order chi connectivity index (χ0) is 21.0. The number of carbonyl (C=O) groups is 2. The molecule has 1 aliphatic carbocycles. The van der Waals surface area contributed by atoms with Gasteiger partial charge < -0.3 is 9.84 Å². The molecular weight excluding hydrogens is 366 g/mol. The summed E-state index contributed by atoms with van der Waals surface area (Å²) in [5.74, 6) is 5.83. The maximum atomic E-state index is 13.2. The van der Waals surface area contributed by atoms with E-state index in [4.69, 9.17) is 9.84 Å². The minimum Gasteiger partial charge on any atom is -0.450 e. The lowest BCUT2D eigenvalue weighted by Gasteiger charge is -2.27. The largest absolute Gasteiger partial charge is 0.506 e.